The number of esters is 2. The van der Waals surface area contributed by atoms with Crippen molar-refractivity contribution in [3.8, 4) is 0 Å². The van der Waals surface area contributed by atoms with Crippen molar-refractivity contribution >= 4 is 11.9 Å². The maximum absolute atomic E-state index is 12.7. The highest BCUT2D eigenvalue weighted by Gasteiger charge is 2.17. The van der Waals surface area contributed by atoms with E-state index in [4.69, 9.17) is 14.2 Å². The first-order valence-electron chi connectivity index (χ1n) is 22.4. The summed E-state index contributed by atoms with van der Waals surface area (Å²) < 4.78 is 17.2. The Morgan fingerprint density at radius 2 is 0.839 bits per heavy atom. The largest absolute Gasteiger partial charge is 0.462 e. The predicted molar refractivity (Wildman–Crippen MR) is 242 cm³/mol. The van der Waals surface area contributed by atoms with Crippen LogP contribution in [0.5, 0.6) is 0 Å². The Bertz CT molecular complexity index is 1150. The van der Waals surface area contributed by atoms with Crippen molar-refractivity contribution in [3.63, 3.8) is 0 Å². The minimum atomic E-state index is -0.590. The van der Waals surface area contributed by atoms with Gasteiger partial charge in [0.15, 0.2) is 6.10 Å². The summed E-state index contributed by atoms with van der Waals surface area (Å²) in [5.41, 5.74) is 0. The van der Waals surface area contributed by atoms with Crippen LogP contribution in [0.1, 0.15) is 175 Å². The molecule has 1 unspecified atom stereocenters. The number of carbonyl (C=O) groups is 2. The zero-order valence-electron chi connectivity index (χ0n) is 36.1. The zero-order chi connectivity index (χ0) is 40.7. The maximum Gasteiger partial charge on any atom is 0.306 e. The van der Waals surface area contributed by atoms with E-state index in [0.717, 1.165) is 103 Å². The Hall–Kier alpha value is -3.44. The number of hydrogen-bond acceptors (Lipinski definition) is 5. The van der Waals surface area contributed by atoms with Crippen LogP contribution in [0.3, 0.4) is 0 Å². The Morgan fingerprint density at radius 3 is 1.38 bits per heavy atom. The Labute approximate surface area is 344 Å². The smallest absolute Gasteiger partial charge is 0.306 e. The molecule has 1 atom stereocenters. The van der Waals surface area contributed by atoms with Gasteiger partial charge in [0.05, 0.1) is 6.61 Å². The van der Waals surface area contributed by atoms with Crippen LogP contribution in [0.15, 0.2) is 109 Å². The summed E-state index contributed by atoms with van der Waals surface area (Å²) in [6.45, 7) is 7.37. The van der Waals surface area contributed by atoms with Gasteiger partial charge in [-0.2, -0.15) is 0 Å². The van der Waals surface area contributed by atoms with Gasteiger partial charge < -0.3 is 14.2 Å². The normalized spacial score (nSPS) is 13.3. The fourth-order valence-corrected chi connectivity index (χ4v) is 5.49. The molecule has 0 aromatic carbocycles. The second kappa shape index (κ2) is 45.9. The molecule has 316 valence electrons. The Kier molecular flexibility index (Phi) is 43.1. The molecule has 0 spiro atoms. The van der Waals surface area contributed by atoms with E-state index in [1.54, 1.807) is 0 Å². The monoisotopic (exact) mass is 775 g/mol. The molecule has 0 amide bonds. The number of hydrogen-bond donors (Lipinski definition) is 0. The lowest BCUT2D eigenvalue weighted by atomic mass is 10.1. The highest BCUT2D eigenvalue weighted by molar-refractivity contribution is 5.70. The van der Waals surface area contributed by atoms with Crippen molar-refractivity contribution in [2.24, 2.45) is 0 Å². The van der Waals surface area contributed by atoms with Gasteiger partial charge >= 0.3 is 11.9 Å². The van der Waals surface area contributed by atoms with Crippen molar-refractivity contribution < 1.29 is 23.8 Å². The van der Waals surface area contributed by atoms with E-state index in [1.807, 2.05) is 6.08 Å². The molecule has 0 radical (unpaired) electrons. The Morgan fingerprint density at radius 1 is 0.411 bits per heavy atom. The molecule has 0 N–H and O–H groups in total. The Balaban J connectivity index is 4.44. The zero-order valence-corrected chi connectivity index (χ0v) is 36.1. The minimum absolute atomic E-state index is 0.0242. The van der Waals surface area contributed by atoms with Crippen molar-refractivity contribution in [1.29, 1.82) is 0 Å². The average Bonchev–Trinajstić information content (AvgIpc) is 3.20. The number of carbonyl (C=O) groups excluding carboxylic acids is 2. The van der Waals surface area contributed by atoms with Gasteiger partial charge in [-0.1, -0.05) is 169 Å². The molecular weight excluding hydrogens is 693 g/mol. The van der Waals surface area contributed by atoms with E-state index < -0.39 is 6.10 Å². The predicted octanol–water partition coefficient (Wildman–Crippen LogP) is 14.9. The summed E-state index contributed by atoms with van der Waals surface area (Å²) >= 11 is 0. The average molecular weight is 775 g/mol. The van der Waals surface area contributed by atoms with E-state index in [0.29, 0.717) is 25.9 Å². The number of ether oxygens (including phenoxy) is 3. The van der Waals surface area contributed by atoms with Crippen LogP contribution in [0.4, 0.5) is 0 Å². The van der Waals surface area contributed by atoms with Crippen LogP contribution in [-0.2, 0) is 23.8 Å². The highest BCUT2D eigenvalue weighted by atomic mass is 16.6. The van der Waals surface area contributed by atoms with Gasteiger partial charge in [0.1, 0.15) is 6.61 Å². The number of unbranched alkanes of at least 4 members (excludes halogenated alkanes) is 10. The van der Waals surface area contributed by atoms with Crippen LogP contribution in [-0.4, -0.2) is 37.9 Å². The van der Waals surface area contributed by atoms with Gasteiger partial charge in [0.2, 0.25) is 0 Å². The molecule has 0 saturated heterocycles. The number of rotatable bonds is 39. The third-order valence-electron chi connectivity index (χ3n) is 8.79. The molecule has 0 aromatic rings. The third-order valence-corrected chi connectivity index (χ3v) is 8.79. The van der Waals surface area contributed by atoms with Crippen LogP contribution < -0.4 is 0 Å². The summed E-state index contributed by atoms with van der Waals surface area (Å²) in [6, 6.07) is 0. The molecule has 0 heterocycles. The fourth-order valence-electron chi connectivity index (χ4n) is 5.49. The lowest BCUT2D eigenvalue weighted by Gasteiger charge is -2.18. The lowest BCUT2D eigenvalue weighted by Crippen LogP contribution is -2.30. The molecule has 0 aliphatic carbocycles. The molecule has 0 rings (SSSR count). The second-order valence-electron chi connectivity index (χ2n) is 14.2. The molecule has 56 heavy (non-hydrogen) atoms. The SMILES string of the molecule is CC/C=C\C/C=C\C/C=C\C/C=C\CCCCCOCC(COC(=O)CC/C=C\C/C=C\C/C=C\C/C=C\CC)OC(=O)CCCCCCC/C=C\CCCC. The molecule has 0 saturated carbocycles. The number of allylic oxidation sites excluding steroid dienone is 18. The van der Waals surface area contributed by atoms with E-state index in [1.165, 1.54) is 32.1 Å². The van der Waals surface area contributed by atoms with Crippen molar-refractivity contribution in [1.82, 2.24) is 0 Å². The topological polar surface area (TPSA) is 61.8 Å². The molecule has 5 nitrogen and oxygen atoms in total. The van der Waals surface area contributed by atoms with Crippen molar-refractivity contribution in [3.05, 3.63) is 109 Å². The van der Waals surface area contributed by atoms with Crippen LogP contribution >= 0.6 is 0 Å². The quantitative estimate of drug-likeness (QED) is 0.0354. The van der Waals surface area contributed by atoms with Crippen LogP contribution in [0, 0.1) is 0 Å². The van der Waals surface area contributed by atoms with Crippen LogP contribution in [0.25, 0.3) is 0 Å². The fraction of sp³-hybridized carbons (Fsp3) is 0.608. The van der Waals surface area contributed by atoms with Crippen molar-refractivity contribution in [2.45, 2.75) is 181 Å². The first-order chi connectivity index (χ1) is 27.6. The van der Waals surface area contributed by atoms with Crippen molar-refractivity contribution in [2.75, 3.05) is 19.8 Å². The van der Waals surface area contributed by atoms with Crippen LogP contribution in [0.2, 0.25) is 0 Å². The lowest BCUT2D eigenvalue weighted by molar-refractivity contribution is -0.162. The summed E-state index contributed by atoms with van der Waals surface area (Å²) in [4.78, 5) is 25.2. The van der Waals surface area contributed by atoms with Gasteiger partial charge in [-0.05, 0) is 103 Å². The third kappa shape index (κ3) is 43.3. The van der Waals surface area contributed by atoms with Gasteiger partial charge in [-0.15, -0.1) is 0 Å². The van der Waals surface area contributed by atoms with E-state index in [-0.39, 0.29) is 25.2 Å². The second-order valence-corrected chi connectivity index (χ2v) is 14.2. The highest BCUT2D eigenvalue weighted by Crippen LogP contribution is 2.11. The summed E-state index contributed by atoms with van der Waals surface area (Å²) in [5, 5.41) is 0. The van der Waals surface area contributed by atoms with Gasteiger partial charge in [-0.3, -0.25) is 9.59 Å². The van der Waals surface area contributed by atoms with E-state index in [2.05, 4.69) is 124 Å². The first-order valence-corrected chi connectivity index (χ1v) is 22.4. The summed E-state index contributed by atoms with van der Waals surface area (Å²) in [5.74, 6) is -0.532. The van der Waals surface area contributed by atoms with E-state index in [9.17, 15) is 9.59 Å². The molecule has 0 aliphatic heterocycles. The molecule has 0 aromatic heterocycles. The summed E-state index contributed by atoms with van der Waals surface area (Å²) in [6.07, 6.45) is 62.5. The molecule has 0 fully saturated rings. The summed E-state index contributed by atoms with van der Waals surface area (Å²) in [7, 11) is 0. The van der Waals surface area contributed by atoms with Gasteiger partial charge in [-0.25, -0.2) is 0 Å². The molecule has 0 aliphatic rings. The molecule has 0 bridgehead atoms. The first kappa shape index (κ1) is 52.6. The molecule has 5 heteroatoms. The van der Waals surface area contributed by atoms with Gasteiger partial charge in [0.25, 0.3) is 0 Å². The minimum Gasteiger partial charge on any atom is -0.462 e. The molecular formula is C51H82O5. The standard InChI is InChI=1S/C51H82O5/c1-4-7-10-13-16-19-22-24-25-26-28-31-34-37-40-43-46-54-47-49(56-51(53)45-42-39-36-33-29-21-18-15-12-9-6-3)48-55-50(52)44-41-38-35-32-30-27-23-20-17-14-11-8-5-2/h7-8,10-11,15-20,24-25,27-28,30-31,35,38,49H,4-6,9,12-14,21-23,26,29,32-34,36-37,39-48H2,1-3H3/b10-7-,11-8-,18-15-,19-16-,20-17-,25-24-,30-27-,31-28-,38-35-. The van der Waals surface area contributed by atoms with Gasteiger partial charge in [0, 0.05) is 19.4 Å². The van der Waals surface area contributed by atoms with E-state index >= 15 is 0 Å². The maximum atomic E-state index is 12.7.